The molecule has 0 unspecified atom stereocenters. The first kappa shape index (κ1) is 11.4. The summed E-state index contributed by atoms with van der Waals surface area (Å²) in [5.41, 5.74) is 1.01. The quantitative estimate of drug-likeness (QED) is 0.883. The SMILES string of the molecule is Cc1cc(C2(CC(=O)O)CC2)cc(Cl)c1F. The zero-order chi connectivity index (χ0) is 11.9. The van der Waals surface area contributed by atoms with E-state index >= 15 is 0 Å². The Morgan fingerprint density at radius 3 is 2.62 bits per heavy atom. The third-order valence-electron chi connectivity index (χ3n) is 3.17. The van der Waals surface area contributed by atoms with Gasteiger partial charge in [0.1, 0.15) is 5.82 Å². The van der Waals surface area contributed by atoms with Crippen molar-refractivity contribution >= 4 is 17.6 Å². The van der Waals surface area contributed by atoms with E-state index < -0.39 is 11.8 Å². The van der Waals surface area contributed by atoms with E-state index in [1.165, 1.54) is 0 Å². The predicted molar refractivity (Wildman–Crippen MR) is 59.3 cm³/mol. The van der Waals surface area contributed by atoms with Crippen LogP contribution < -0.4 is 0 Å². The van der Waals surface area contributed by atoms with Crippen LogP contribution in [0.3, 0.4) is 0 Å². The van der Waals surface area contributed by atoms with Crippen LogP contribution in [0, 0.1) is 12.7 Å². The smallest absolute Gasteiger partial charge is 0.304 e. The fourth-order valence-electron chi connectivity index (χ4n) is 2.04. The van der Waals surface area contributed by atoms with Crippen molar-refractivity contribution in [3.63, 3.8) is 0 Å². The maximum atomic E-state index is 13.3. The van der Waals surface area contributed by atoms with Gasteiger partial charge in [0.05, 0.1) is 11.4 Å². The third kappa shape index (κ3) is 1.92. The van der Waals surface area contributed by atoms with Gasteiger partial charge in [0.25, 0.3) is 0 Å². The number of hydrogen-bond acceptors (Lipinski definition) is 1. The number of rotatable bonds is 3. The molecule has 1 fully saturated rings. The van der Waals surface area contributed by atoms with Crippen LogP contribution in [0.2, 0.25) is 5.02 Å². The molecule has 0 radical (unpaired) electrons. The second-order valence-corrected chi connectivity index (χ2v) is 4.85. The number of aliphatic carboxylic acids is 1. The largest absolute Gasteiger partial charge is 0.481 e. The molecule has 0 saturated heterocycles. The summed E-state index contributed by atoms with van der Waals surface area (Å²) in [5.74, 6) is -1.24. The highest BCUT2D eigenvalue weighted by Crippen LogP contribution is 2.51. The average molecular weight is 243 g/mol. The van der Waals surface area contributed by atoms with Gasteiger partial charge in [-0.3, -0.25) is 4.79 Å². The highest BCUT2D eigenvalue weighted by atomic mass is 35.5. The Labute approximate surface area is 98.0 Å². The van der Waals surface area contributed by atoms with E-state index in [4.69, 9.17) is 16.7 Å². The summed E-state index contributed by atoms with van der Waals surface area (Å²) in [6.45, 7) is 1.64. The Bertz CT molecular complexity index is 429. The van der Waals surface area contributed by atoms with Crippen molar-refractivity contribution in [2.45, 2.75) is 31.6 Å². The Hall–Kier alpha value is -1.09. The molecule has 16 heavy (non-hydrogen) atoms. The van der Waals surface area contributed by atoms with Gasteiger partial charge in [-0.1, -0.05) is 17.7 Å². The van der Waals surface area contributed by atoms with Crippen LogP contribution >= 0.6 is 11.6 Å². The first-order valence-corrected chi connectivity index (χ1v) is 5.50. The second-order valence-electron chi connectivity index (χ2n) is 4.44. The molecule has 1 aliphatic rings. The van der Waals surface area contributed by atoms with E-state index in [0.29, 0.717) is 5.56 Å². The zero-order valence-electron chi connectivity index (χ0n) is 8.89. The van der Waals surface area contributed by atoms with Crippen molar-refractivity contribution in [3.8, 4) is 0 Å². The van der Waals surface area contributed by atoms with Crippen LogP contribution in [0.4, 0.5) is 4.39 Å². The fourth-order valence-corrected chi connectivity index (χ4v) is 2.31. The third-order valence-corrected chi connectivity index (χ3v) is 3.44. The fraction of sp³-hybridized carbons (Fsp3) is 0.417. The minimum atomic E-state index is -0.824. The number of carbonyl (C=O) groups is 1. The van der Waals surface area contributed by atoms with Gasteiger partial charge in [0.15, 0.2) is 0 Å². The van der Waals surface area contributed by atoms with E-state index in [0.717, 1.165) is 18.4 Å². The lowest BCUT2D eigenvalue weighted by atomic mass is 9.91. The standard InChI is InChI=1S/C12H12ClFO2/c1-7-4-8(5-9(13)11(7)14)12(2-3-12)6-10(15)16/h4-5H,2-3,6H2,1H3,(H,15,16). The number of aryl methyl sites for hydroxylation is 1. The summed E-state index contributed by atoms with van der Waals surface area (Å²) >= 11 is 5.77. The van der Waals surface area contributed by atoms with Crippen LogP contribution in [-0.2, 0) is 10.2 Å². The normalized spacial score (nSPS) is 17.2. The maximum Gasteiger partial charge on any atom is 0.304 e. The molecule has 0 atom stereocenters. The summed E-state index contributed by atoms with van der Waals surface area (Å²) < 4.78 is 13.3. The van der Waals surface area contributed by atoms with Crippen molar-refractivity contribution in [2.75, 3.05) is 0 Å². The van der Waals surface area contributed by atoms with Crippen LogP contribution in [0.25, 0.3) is 0 Å². The lowest BCUT2D eigenvalue weighted by Gasteiger charge is -2.14. The molecule has 1 N–H and O–H groups in total. The summed E-state index contributed by atoms with van der Waals surface area (Å²) in [7, 11) is 0. The molecule has 0 bridgehead atoms. The van der Waals surface area contributed by atoms with Gasteiger partial charge in [0, 0.05) is 5.41 Å². The predicted octanol–water partition coefficient (Wildman–Crippen LogP) is 3.29. The zero-order valence-corrected chi connectivity index (χ0v) is 9.64. The monoisotopic (exact) mass is 242 g/mol. The molecule has 2 nitrogen and oxygen atoms in total. The Kier molecular flexibility index (Phi) is 2.66. The van der Waals surface area contributed by atoms with Gasteiger partial charge in [-0.2, -0.15) is 0 Å². The Morgan fingerprint density at radius 1 is 1.56 bits per heavy atom. The molecule has 0 amide bonds. The molecule has 0 aliphatic heterocycles. The Balaban J connectivity index is 2.38. The van der Waals surface area contributed by atoms with Gasteiger partial charge in [-0.05, 0) is 37.0 Å². The van der Waals surface area contributed by atoms with Gasteiger partial charge >= 0.3 is 5.97 Å². The summed E-state index contributed by atoms with van der Waals surface area (Å²) in [6, 6.07) is 3.26. The number of hydrogen-bond donors (Lipinski definition) is 1. The van der Waals surface area contributed by atoms with Crippen molar-refractivity contribution < 1.29 is 14.3 Å². The number of carboxylic acids is 1. The molecule has 1 aromatic carbocycles. The highest BCUT2D eigenvalue weighted by molar-refractivity contribution is 6.30. The van der Waals surface area contributed by atoms with Crippen LogP contribution in [0.15, 0.2) is 12.1 Å². The van der Waals surface area contributed by atoms with E-state index in [1.807, 2.05) is 0 Å². The molecule has 4 heteroatoms. The van der Waals surface area contributed by atoms with Crippen LogP contribution in [0.1, 0.15) is 30.4 Å². The van der Waals surface area contributed by atoms with Gasteiger partial charge in [-0.15, -0.1) is 0 Å². The summed E-state index contributed by atoms with van der Waals surface area (Å²) in [6.07, 6.45) is 1.76. The van der Waals surface area contributed by atoms with Crippen molar-refractivity contribution in [2.24, 2.45) is 0 Å². The molecule has 0 spiro atoms. The van der Waals surface area contributed by atoms with E-state index in [1.54, 1.807) is 19.1 Å². The van der Waals surface area contributed by atoms with Crippen LogP contribution in [0.5, 0.6) is 0 Å². The van der Waals surface area contributed by atoms with E-state index in [-0.39, 0.29) is 16.9 Å². The number of halogens is 2. The number of benzene rings is 1. The molecule has 1 aromatic rings. The molecule has 1 saturated carbocycles. The minimum Gasteiger partial charge on any atom is -0.481 e. The van der Waals surface area contributed by atoms with E-state index in [2.05, 4.69) is 0 Å². The van der Waals surface area contributed by atoms with Crippen molar-refractivity contribution in [3.05, 3.63) is 34.1 Å². The van der Waals surface area contributed by atoms with E-state index in [9.17, 15) is 9.18 Å². The molecule has 0 heterocycles. The topological polar surface area (TPSA) is 37.3 Å². The maximum absolute atomic E-state index is 13.3. The summed E-state index contributed by atoms with van der Waals surface area (Å²) in [5, 5.41) is 8.91. The molecular formula is C12H12ClFO2. The molecule has 0 aromatic heterocycles. The van der Waals surface area contributed by atoms with Gasteiger partial charge in [-0.25, -0.2) is 4.39 Å². The van der Waals surface area contributed by atoms with Crippen molar-refractivity contribution in [1.82, 2.24) is 0 Å². The lowest BCUT2D eigenvalue weighted by Crippen LogP contribution is -2.13. The first-order chi connectivity index (χ1) is 7.44. The molecule has 2 rings (SSSR count). The Morgan fingerprint density at radius 2 is 2.19 bits per heavy atom. The minimum absolute atomic E-state index is 0.0756. The number of carboxylic acid groups (broad SMARTS) is 1. The summed E-state index contributed by atoms with van der Waals surface area (Å²) in [4.78, 5) is 10.8. The molecule has 86 valence electrons. The highest BCUT2D eigenvalue weighted by Gasteiger charge is 2.46. The lowest BCUT2D eigenvalue weighted by molar-refractivity contribution is -0.137. The second kappa shape index (κ2) is 3.74. The van der Waals surface area contributed by atoms with Crippen molar-refractivity contribution in [1.29, 1.82) is 0 Å². The van der Waals surface area contributed by atoms with Crippen LogP contribution in [-0.4, -0.2) is 11.1 Å². The van der Waals surface area contributed by atoms with Gasteiger partial charge in [0.2, 0.25) is 0 Å². The average Bonchev–Trinajstić information content (AvgIpc) is 2.93. The molecular weight excluding hydrogens is 231 g/mol. The first-order valence-electron chi connectivity index (χ1n) is 5.12. The van der Waals surface area contributed by atoms with Gasteiger partial charge < -0.3 is 5.11 Å². The molecule has 1 aliphatic carbocycles.